The van der Waals surface area contributed by atoms with Gasteiger partial charge in [-0.25, -0.2) is 0 Å². The fourth-order valence-electron chi connectivity index (χ4n) is 2.12. The summed E-state index contributed by atoms with van der Waals surface area (Å²) in [5.41, 5.74) is -0.0498. The summed E-state index contributed by atoms with van der Waals surface area (Å²) >= 11 is 0. The van der Waals surface area contributed by atoms with Gasteiger partial charge >= 0.3 is 5.97 Å². The molecule has 0 radical (unpaired) electrons. The van der Waals surface area contributed by atoms with Gasteiger partial charge in [0.15, 0.2) is 0 Å². The van der Waals surface area contributed by atoms with Crippen LogP contribution in [-0.2, 0) is 14.3 Å². The van der Waals surface area contributed by atoms with E-state index >= 15 is 0 Å². The number of methoxy groups -OCH3 is 1. The third kappa shape index (κ3) is 3.46. The van der Waals surface area contributed by atoms with Gasteiger partial charge in [0.1, 0.15) is 6.04 Å². The van der Waals surface area contributed by atoms with Crippen LogP contribution in [0.1, 0.15) is 40.0 Å². The topological polar surface area (TPSA) is 47.6 Å². The smallest absolute Gasteiger partial charge is 0.322 e. The maximum absolute atomic E-state index is 11.3. The van der Waals surface area contributed by atoms with Crippen LogP contribution in [0, 0.1) is 0 Å². The van der Waals surface area contributed by atoms with Crippen molar-refractivity contribution in [1.29, 1.82) is 0 Å². The van der Waals surface area contributed by atoms with Crippen molar-refractivity contribution in [3.8, 4) is 0 Å². The molecule has 1 rings (SSSR count). The first-order valence-electron chi connectivity index (χ1n) is 5.98. The van der Waals surface area contributed by atoms with Gasteiger partial charge in [-0.05, 0) is 33.1 Å². The van der Waals surface area contributed by atoms with Crippen LogP contribution < -0.4 is 5.32 Å². The molecule has 3 atom stereocenters. The number of carbonyl (C=O) groups is 1. The lowest BCUT2D eigenvalue weighted by Gasteiger charge is -2.38. The summed E-state index contributed by atoms with van der Waals surface area (Å²) in [5.74, 6) is -0.204. The molecule has 2 unspecified atom stereocenters. The lowest BCUT2D eigenvalue weighted by atomic mass is 9.89. The van der Waals surface area contributed by atoms with E-state index in [-0.39, 0.29) is 17.6 Å². The number of nitrogens with one attached hydrogen (secondary N) is 1. The van der Waals surface area contributed by atoms with Gasteiger partial charge in [0, 0.05) is 12.6 Å². The van der Waals surface area contributed by atoms with Crippen LogP contribution in [0.5, 0.6) is 0 Å². The van der Waals surface area contributed by atoms with Crippen LogP contribution in [0.25, 0.3) is 0 Å². The molecule has 0 aliphatic carbocycles. The largest absolute Gasteiger partial charge is 0.468 e. The summed E-state index contributed by atoms with van der Waals surface area (Å²) in [6.45, 7) is 6.86. The van der Waals surface area contributed by atoms with E-state index in [1.807, 2.05) is 6.92 Å². The Morgan fingerprint density at radius 3 is 2.94 bits per heavy atom. The predicted octanol–water partition coefficient (Wildman–Crippen LogP) is 1.49. The molecule has 4 nitrogen and oxygen atoms in total. The van der Waals surface area contributed by atoms with Crippen LogP contribution in [0.2, 0.25) is 0 Å². The Morgan fingerprint density at radius 2 is 2.38 bits per heavy atom. The number of carbonyl (C=O) groups excluding carboxylic acids is 1. The molecule has 0 amide bonds. The van der Waals surface area contributed by atoms with Gasteiger partial charge in [0.2, 0.25) is 0 Å². The van der Waals surface area contributed by atoms with Crippen LogP contribution in [0.4, 0.5) is 0 Å². The molecule has 1 aliphatic rings. The maximum atomic E-state index is 11.3. The highest BCUT2D eigenvalue weighted by Gasteiger charge is 2.32. The van der Waals surface area contributed by atoms with Gasteiger partial charge in [0.05, 0.1) is 12.7 Å². The lowest BCUT2D eigenvalue weighted by Crippen LogP contribution is -2.49. The molecule has 0 saturated carbocycles. The summed E-state index contributed by atoms with van der Waals surface area (Å²) in [6, 6.07) is 0.0991. The lowest BCUT2D eigenvalue weighted by molar-refractivity contribution is -0.143. The Labute approximate surface area is 97.7 Å². The fraction of sp³-hybridized carbons (Fsp3) is 0.917. The average Bonchev–Trinajstić information content (AvgIpc) is 2.28. The van der Waals surface area contributed by atoms with Crippen LogP contribution >= 0.6 is 0 Å². The van der Waals surface area contributed by atoms with E-state index in [1.165, 1.54) is 7.11 Å². The van der Waals surface area contributed by atoms with Crippen molar-refractivity contribution in [2.45, 2.75) is 57.7 Å². The number of hydrogen-bond acceptors (Lipinski definition) is 4. The molecule has 0 bridgehead atoms. The molecule has 1 fully saturated rings. The summed E-state index contributed by atoms with van der Waals surface area (Å²) in [5, 5.41) is 3.30. The molecule has 0 aromatic carbocycles. The third-order valence-corrected chi connectivity index (χ3v) is 3.38. The summed E-state index contributed by atoms with van der Waals surface area (Å²) in [6.07, 6.45) is 2.90. The van der Waals surface area contributed by atoms with Crippen molar-refractivity contribution in [2.24, 2.45) is 0 Å². The van der Waals surface area contributed by atoms with Crippen molar-refractivity contribution < 1.29 is 14.3 Å². The summed E-state index contributed by atoms with van der Waals surface area (Å²) in [4.78, 5) is 11.3. The molecular formula is C12H23NO3. The molecule has 0 aromatic rings. The van der Waals surface area contributed by atoms with E-state index in [9.17, 15) is 4.79 Å². The zero-order valence-corrected chi connectivity index (χ0v) is 10.7. The Balaban J connectivity index is 2.46. The second-order valence-corrected chi connectivity index (χ2v) is 4.75. The van der Waals surface area contributed by atoms with Gasteiger partial charge < -0.3 is 14.8 Å². The highest BCUT2D eigenvalue weighted by molar-refractivity contribution is 5.75. The van der Waals surface area contributed by atoms with Gasteiger partial charge in [0.25, 0.3) is 0 Å². The minimum Gasteiger partial charge on any atom is -0.468 e. The summed E-state index contributed by atoms with van der Waals surface area (Å²) in [7, 11) is 1.42. The Hall–Kier alpha value is -0.610. The molecule has 4 heteroatoms. The summed E-state index contributed by atoms with van der Waals surface area (Å²) < 4.78 is 10.5. The zero-order chi connectivity index (χ0) is 12.2. The average molecular weight is 229 g/mol. The molecular weight excluding hydrogens is 206 g/mol. The normalized spacial score (nSPS) is 32.1. The van der Waals surface area contributed by atoms with Crippen molar-refractivity contribution in [3.05, 3.63) is 0 Å². The van der Waals surface area contributed by atoms with Crippen molar-refractivity contribution in [1.82, 2.24) is 5.32 Å². The predicted molar refractivity (Wildman–Crippen MR) is 62.3 cm³/mol. The quantitative estimate of drug-likeness (QED) is 0.742. The molecule has 1 N–H and O–H groups in total. The Morgan fingerprint density at radius 1 is 1.69 bits per heavy atom. The van der Waals surface area contributed by atoms with E-state index in [2.05, 4.69) is 19.2 Å². The van der Waals surface area contributed by atoms with Gasteiger partial charge in [-0.2, -0.15) is 0 Å². The minimum absolute atomic E-state index is 0.0498. The van der Waals surface area contributed by atoms with E-state index in [0.29, 0.717) is 6.04 Å². The number of ether oxygens (including phenoxy) is 2. The maximum Gasteiger partial charge on any atom is 0.322 e. The second kappa shape index (κ2) is 5.64. The van der Waals surface area contributed by atoms with Crippen molar-refractivity contribution in [3.63, 3.8) is 0 Å². The molecule has 0 aromatic heterocycles. The van der Waals surface area contributed by atoms with Gasteiger partial charge in [-0.15, -0.1) is 0 Å². The minimum atomic E-state index is -0.241. The zero-order valence-electron chi connectivity index (χ0n) is 10.7. The molecule has 1 saturated heterocycles. The van der Waals surface area contributed by atoms with E-state index < -0.39 is 0 Å². The third-order valence-electron chi connectivity index (χ3n) is 3.38. The van der Waals surface area contributed by atoms with Crippen LogP contribution in [0.3, 0.4) is 0 Å². The van der Waals surface area contributed by atoms with Crippen molar-refractivity contribution >= 4 is 5.97 Å². The SMILES string of the molecule is CCC1(C)CC(N[C@@H](C)C(=O)OC)CCO1. The number of esters is 1. The first-order valence-corrected chi connectivity index (χ1v) is 5.98. The number of hydrogen-bond donors (Lipinski definition) is 1. The van der Waals surface area contributed by atoms with E-state index in [1.54, 1.807) is 0 Å². The molecule has 1 aliphatic heterocycles. The highest BCUT2D eigenvalue weighted by Crippen LogP contribution is 2.27. The Kier molecular flexibility index (Phi) is 4.74. The molecule has 0 spiro atoms. The molecule has 16 heavy (non-hydrogen) atoms. The van der Waals surface area contributed by atoms with Gasteiger partial charge in [-0.1, -0.05) is 6.92 Å². The Bertz CT molecular complexity index is 244. The van der Waals surface area contributed by atoms with Crippen LogP contribution in [-0.4, -0.2) is 37.4 Å². The first-order chi connectivity index (χ1) is 7.50. The van der Waals surface area contributed by atoms with Crippen molar-refractivity contribution in [2.75, 3.05) is 13.7 Å². The van der Waals surface area contributed by atoms with Gasteiger partial charge in [-0.3, -0.25) is 4.79 Å². The van der Waals surface area contributed by atoms with Crippen LogP contribution in [0.15, 0.2) is 0 Å². The van der Waals surface area contributed by atoms with E-state index in [4.69, 9.17) is 9.47 Å². The first kappa shape index (κ1) is 13.5. The highest BCUT2D eigenvalue weighted by atomic mass is 16.5. The fourth-order valence-corrected chi connectivity index (χ4v) is 2.12. The van der Waals surface area contributed by atoms with E-state index in [0.717, 1.165) is 25.9 Å². The molecule has 94 valence electrons. The second-order valence-electron chi connectivity index (χ2n) is 4.75. The number of rotatable bonds is 4. The standard InChI is InChI=1S/C12H23NO3/c1-5-12(3)8-10(6-7-16-12)13-9(2)11(14)15-4/h9-10,13H,5-8H2,1-4H3/t9-,10?,12?/m0/s1. The monoisotopic (exact) mass is 229 g/mol. The molecule has 1 heterocycles.